The quantitative estimate of drug-likeness (QED) is 0.344. The first-order valence-electron chi connectivity index (χ1n) is 10.7. The molecule has 5 rings (SSSR count). The average Bonchev–Trinajstić information content (AvgIpc) is 3.47. The van der Waals surface area contributed by atoms with E-state index in [1.165, 1.54) is 0 Å². The van der Waals surface area contributed by atoms with E-state index in [1.807, 2.05) is 54.1 Å². The number of ether oxygens (including phenoxy) is 1. The smallest absolute Gasteiger partial charge is 0.311 e. The molecule has 0 N–H and O–H groups in total. The summed E-state index contributed by atoms with van der Waals surface area (Å²) in [6.45, 7) is 4.58. The SMILES string of the molecule is CCCC(=O)Oc1cn(Cc2ccco2)c2nc(CCC)n3c4ccccc4nc3c12. The molecule has 158 valence electrons. The fraction of sp³-hybridized carbons (Fsp3) is 0.292. The predicted molar refractivity (Wildman–Crippen MR) is 118 cm³/mol. The molecule has 4 heterocycles. The molecule has 4 aromatic heterocycles. The van der Waals surface area contributed by atoms with E-state index in [-0.39, 0.29) is 5.97 Å². The van der Waals surface area contributed by atoms with Crippen LogP contribution >= 0.6 is 0 Å². The molecule has 0 bridgehead atoms. The first-order valence-corrected chi connectivity index (χ1v) is 10.7. The Morgan fingerprint density at radius 3 is 2.71 bits per heavy atom. The van der Waals surface area contributed by atoms with Crippen molar-refractivity contribution in [1.82, 2.24) is 18.9 Å². The van der Waals surface area contributed by atoms with Crippen LogP contribution in [0, 0.1) is 0 Å². The molecule has 0 aliphatic carbocycles. The molecule has 0 aliphatic rings. The number of imidazole rings is 1. The average molecular weight is 416 g/mol. The molecular formula is C24H24N4O3. The van der Waals surface area contributed by atoms with Crippen LogP contribution < -0.4 is 4.74 Å². The maximum absolute atomic E-state index is 12.4. The molecule has 0 amide bonds. The van der Waals surface area contributed by atoms with Crippen molar-refractivity contribution in [3.8, 4) is 5.75 Å². The second-order valence-corrected chi connectivity index (χ2v) is 7.66. The summed E-state index contributed by atoms with van der Waals surface area (Å²) in [5.41, 5.74) is 3.38. The molecule has 0 fully saturated rings. The molecule has 0 unspecified atom stereocenters. The highest BCUT2D eigenvalue weighted by Crippen LogP contribution is 2.34. The van der Waals surface area contributed by atoms with Crippen molar-refractivity contribution in [2.45, 2.75) is 46.1 Å². The summed E-state index contributed by atoms with van der Waals surface area (Å²) >= 11 is 0. The standard InChI is InChI=1S/C24H24N4O3/c1-3-8-20-26-23-22(24-25-17-11-5-6-12-18(17)28(20)24)19(31-21(29)9-4-2)15-27(23)14-16-10-7-13-30-16/h5-7,10-13,15H,3-4,8-9,14H2,1-2H3. The fourth-order valence-corrected chi connectivity index (χ4v) is 4.02. The summed E-state index contributed by atoms with van der Waals surface area (Å²) in [6, 6.07) is 11.8. The van der Waals surface area contributed by atoms with Gasteiger partial charge in [-0.2, -0.15) is 0 Å². The molecule has 0 spiro atoms. The largest absolute Gasteiger partial charge is 0.467 e. The molecule has 0 atom stereocenters. The second kappa shape index (κ2) is 7.91. The summed E-state index contributed by atoms with van der Waals surface area (Å²) in [5, 5.41) is 0.743. The van der Waals surface area contributed by atoms with E-state index in [1.54, 1.807) is 6.26 Å². The predicted octanol–water partition coefficient (Wildman–Crippen LogP) is 5.14. The monoisotopic (exact) mass is 416 g/mol. The summed E-state index contributed by atoms with van der Waals surface area (Å²) in [6.07, 6.45) is 6.34. The van der Waals surface area contributed by atoms with Gasteiger partial charge in [-0.05, 0) is 37.1 Å². The van der Waals surface area contributed by atoms with Crippen molar-refractivity contribution in [2.24, 2.45) is 0 Å². The Kier molecular flexibility index (Phi) is 4.94. The lowest BCUT2D eigenvalue weighted by Gasteiger charge is -2.08. The molecule has 5 aromatic rings. The first kappa shape index (κ1) is 19.4. The Labute approximate surface area is 179 Å². The Bertz CT molecular complexity index is 1380. The van der Waals surface area contributed by atoms with Crippen LogP contribution in [0.25, 0.3) is 27.7 Å². The van der Waals surface area contributed by atoms with Crippen molar-refractivity contribution in [3.05, 3.63) is 60.4 Å². The third-order valence-corrected chi connectivity index (χ3v) is 5.35. The number of fused-ring (bicyclic) bond motifs is 5. The van der Waals surface area contributed by atoms with Gasteiger partial charge in [-0.15, -0.1) is 0 Å². The number of furan rings is 1. The highest BCUT2D eigenvalue weighted by molar-refractivity contribution is 6.01. The van der Waals surface area contributed by atoms with Gasteiger partial charge in [0, 0.05) is 19.0 Å². The molecule has 0 aliphatic heterocycles. The van der Waals surface area contributed by atoms with Crippen molar-refractivity contribution in [2.75, 3.05) is 0 Å². The van der Waals surface area contributed by atoms with Crippen LogP contribution in [0.15, 0.2) is 53.3 Å². The number of nitrogens with zero attached hydrogens (tertiary/aromatic N) is 4. The molecule has 0 radical (unpaired) electrons. The molecule has 0 saturated carbocycles. The maximum atomic E-state index is 12.4. The number of para-hydroxylation sites is 2. The Morgan fingerprint density at radius 1 is 1.06 bits per heavy atom. The summed E-state index contributed by atoms with van der Waals surface area (Å²) < 4.78 is 15.4. The van der Waals surface area contributed by atoms with Gasteiger partial charge in [-0.25, -0.2) is 9.97 Å². The van der Waals surface area contributed by atoms with E-state index in [0.717, 1.165) is 58.6 Å². The van der Waals surface area contributed by atoms with Gasteiger partial charge < -0.3 is 13.7 Å². The normalized spacial score (nSPS) is 11.7. The fourth-order valence-electron chi connectivity index (χ4n) is 4.02. The second-order valence-electron chi connectivity index (χ2n) is 7.66. The molecule has 7 nitrogen and oxygen atoms in total. The van der Waals surface area contributed by atoms with Crippen molar-refractivity contribution in [1.29, 1.82) is 0 Å². The lowest BCUT2D eigenvalue weighted by atomic mass is 10.2. The van der Waals surface area contributed by atoms with Crippen LogP contribution in [0.5, 0.6) is 5.75 Å². The number of hydrogen-bond donors (Lipinski definition) is 0. The van der Waals surface area contributed by atoms with Crippen molar-refractivity contribution < 1.29 is 13.9 Å². The number of esters is 1. The summed E-state index contributed by atoms with van der Waals surface area (Å²) in [4.78, 5) is 22.3. The highest BCUT2D eigenvalue weighted by Gasteiger charge is 2.22. The van der Waals surface area contributed by atoms with E-state index in [2.05, 4.69) is 11.3 Å². The zero-order chi connectivity index (χ0) is 21.4. The minimum Gasteiger partial charge on any atom is -0.467 e. The Balaban J connectivity index is 1.81. The van der Waals surface area contributed by atoms with Crippen LogP contribution in [-0.2, 0) is 17.8 Å². The number of aryl methyl sites for hydroxylation is 1. The van der Waals surface area contributed by atoms with E-state index in [0.29, 0.717) is 18.7 Å². The number of carbonyl (C=O) groups is 1. The van der Waals surface area contributed by atoms with Gasteiger partial charge in [0.25, 0.3) is 0 Å². The van der Waals surface area contributed by atoms with Crippen LogP contribution in [0.4, 0.5) is 0 Å². The minimum absolute atomic E-state index is 0.258. The van der Waals surface area contributed by atoms with Gasteiger partial charge in [0.2, 0.25) is 0 Å². The van der Waals surface area contributed by atoms with Crippen molar-refractivity contribution >= 4 is 33.7 Å². The van der Waals surface area contributed by atoms with Crippen LogP contribution in [-0.4, -0.2) is 24.9 Å². The van der Waals surface area contributed by atoms with Crippen LogP contribution in [0.3, 0.4) is 0 Å². The van der Waals surface area contributed by atoms with Gasteiger partial charge >= 0.3 is 5.97 Å². The van der Waals surface area contributed by atoms with E-state index in [9.17, 15) is 4.79 Å². The lowest BCUT2D eigenvalue weighted by molar-refractivity contribution is -0.134. The maximum Gasteiger partial charge on any atom is 0.311 e. The van der Waals surface area contributed by atoms with Crippen LogP contribution in [0.2, 0.25) is 0 Å². The summed E-state index contributed by atoms with van der Waals surface area (Å²) in [5.74, 6) is 1.96. The van der Waals surface area contributed by atoms with Gasteiger partial charge in [0.1, 0.15) is 22.6 Å². The van der Waals surface area contributed by atoms with E-state index < -0.39 is 0 Å². The number of carbonyl (C=O) groups excluding carboxylic acids is 1. The van der Waals surface area contributed by atoms with E-state index in [4.69, 9.17) is 19.1 Å². The van der Waals surface area contributed by atoms with Gasteiger partial charge in [0.05, 0.1) is 23.8 Å². The zero-order valence-corrected chi connectivity index (χ0v) is 17.7. The topological polar surface area (TPSA) is 74.6 Å². The first-order chi connectivity index (χ1) is 15.2. The number of aromatic nitrogens is 4. The highest BCUT2D eigenvalue weighted by atomic mass is 16.5. The molecular weight excluding hydrogens is 392 g/mol. The van der Waals surface area contributed by atoms with Crippen LogP contribution in [0.1, 0.15) is 44.7 Å². The third kappa shape index (κ3) is 3.36. The third-order valence-electron chi connectivity index (χ3n) is 5.35. The summed E-state index contributed by atoms with van der Waals surface area (Å²) in [7, 11) is 0. The van der Waals surface area contributed by atoms with Gasteiger partial charge in [-0.1, -0.05) is 26.0 Å². The number of benzene rings is 1. The molecule has 0 saturated heterocycles. The van der Waals surface area contributed by atoms with E-state index >= 15 is 0 Å². The molecule has 31 heavy (non-hydrogen) atoms. The zero-order valence-electron chi connectivity index (χ0n) is 17.7. The minimum atomic E-state index is -0.258. The molecule has 7 heteroatoms. The van der Waals surface area contributed by atoms with Crippen molar-refractivity contribution in [3.63, 3.8) is 0 Å². The lowest BCUT2D eigenvalue weighted by Crippen LogP contribution is -2.07. The molecule has 1 aromatic carbocycles. The van der Waals surface area contributed by atoms with Gasteiger partial charge in [0.15, 0.2) is 11.4 Å². The Hall–Kier alpha value is -3.61. The number of rotatable bonds is 7. The van der Waals surface area contributed by atoms with Gasteiger partial charge in [-0.3, -0.25) is 9.20 Å². The number of hydrogen-bond acceptors (Lipinski definition) is 5. The Morgan fingerprint density at radius 2 is 1.94 bits per heavy atom.